The minimum Gasteiger partial charge on any atom is -0.494 e. The molecule has 0 amide bonds. The molecule has 0 aliphatic carbocycles. The second kappa shape index (κ2) is 6.00. The molecule has 0 bridgehead atoms. The van der Waals surface area contributed by atoms with Crippen molar-refractivity contribution in [3.8, 4) is 5.75 Å². The van der Waals surface area contributed by atoms with Crippen molar-refractivity contribution in [3.05, 3.63) is 51.4 Å². The number of fused-ring (bicyclic) bond motifs is 3. The van der Waals surface area contributed by atoms with Crippen molar-refractivity contribution in [1.29, 1.82) is 0 Å². The van der Waals surface area contributed by atoms with E-state index in [9.17, 15) is 4.79 Å². The minimum absolute atomic E-state index is 0.107. The van der Waals surface area contributed by atoms with Crippen LogP contribution in [0.1, 0.15) is 17.5 Å². The van der Waals surface area contributed by atoms with Crippen molar-refractivity contribution in [2.75, 3.05) is 6.61 Å². The minimum atomic E-state index is -0.107. The van der Waals surface area contributed by atoms with Crippen molar-refractivity contribution in [2.45, 2.75) is 20.4 Å². The van der Waals surface area contributed by atoms with Crippen LogP contribution in [0.5, 0.6) is 5.75 Å². The molecule has 25 heavy (non-hydrogen) atoms. The quantitative estimate of drug-likeness (QED) is 0.565. The second-order valence-corrected chi connectivity index (χ2v) is 7.10. The molecule has 4 rings (SSSR count). The van der Waals surface area contributed by atoms with Crippen LogP contribution in [0.4, 0.5) is 0 Å². The van der Waals surface area contributed by atoms with Crippen LogP contribution >= 0.6 is 11.3 Å². The van der Waals surface area contributed by atoms with E-state index in [1.54, 1.807) is 17.5 Å². The zero-order chi connectivity index (χ0) is 17.6. The lowest BCUT2D eigenvalue weighted by atomic mass is 10.2. The standard InChI is InChI=1S/C18H18N4O2S/c1-4-24-13-7-5-6-12(8-13)10-22-18(23)15-14(9-19-22)16-17(21(15)3)20-11(2)25-16/h5-9H,4,10H2,1-3H3. The van der Waals surface area contributed by atoms with Crippen LogP contribution < -0.4 is 10.3 Å². The molecule has 7 heteroatoms. The third kappa shape index (κ3) is 2.60. The van der Waals surface area contributed by atoms with Crippen LogP contribution in [0.15, 0.2) is 35.3 Å². The maximum atomic E-state index is 12.9. The summed E-state index contributed by atoms with van der Waals surface area (Å²) in [6, 6.07) is 7.74. The van der Waals surface area contributed by atoms with Gasteiger partial charge in [0.25, 0.3) is 5.56 Å². The van der Waals surface area contributed by atoms with Crippen molar-refractivity contribution in [2.24, 2.45) is 7.05 Å². The van der Waals surface area contributed by atoms with Gasteiger partial charge in [0.05, 0.1) is 29.1 Å². The van der Waals surface area contributed by atoms with Crippen molar-refractivity contribution in [1.82, 2.24) is 19.3 Å². The molecule has 1 aromatic carbocycles. The normalized spacial score (nSPS) is 11.5. The fourth-order valence-electron chi connectivity index (χ4n) is 3.08. The monoisotopic (exact) mass is 354 g/mol. The lowest BCUT2D eigenvalue weighted by Gasteiger charge is -2.08. The molecule has 0 radical (unpaired) electrons. The van der Waals surface area contributed by atoms with Crippen LogP contribution in [0.2, 0.25) is 0 Å². The zero-order valence-corrected chi connectivity index (χ0v) is 15.1. The van der Waals surface area contributed by atoms with Gasteiger partial charge in [-0.05, 0) is 31.5 Å². The molecule has 0 unspecified atom stereocenters. The molecule has 0 aliphatic heterocycles. The summed E-state index contributed by atoms with van der Waals surface area (Å²) in [7, 11) is 1.88. The molecule has 128 valence electrons. The summed E-state index contributed by atoms with van der Waals surface area (Å²) in [4.78, 5) is 17.5. The van der Waals surface area contributed by atoms with E-state index < -0.39 is 0 Å². The Bertz CT molecular complexity index is 1140. The second-order valence-electron chi connectivity index (χ2n) is 5.89. The molecule has 0 aliphatic rings. The Labute approximate surface area is 148 Å². The molecule has 0 saturated heterocycles. The number of rotatable bonds is 4. The topological polar surface area (TPSA) is 61.9 Å². The number of aromatic nitrogens is 4. The van der Waals surface area contributed by atoms with Crippen LogP contribution in [-0.4, -0.2) is 25.9 Å². The lowest BCUT2D eigenvalue weighted by molar-refractivity contribution is 0.340. The van der Waals surface area contributed by atoms with Gasteiger partial charge in [0.15, 0.2) is 5.65 Å². The summed E-state index contributed by atoms with van der Waals surface area (Å²) >= 11 is 1.59. The van der Waals surface area contributed by atoms with Gasteiger partial charge in [-0.1, -0.05) is 12.1 Å². The van der Waals surface area contributed by atoms with Crippen LogP contribution in [0.25, 0.3) is 21.3 Å². The SMILES string of the molecule is CCOc1cccc(Cn2ncc3c4sc(C)nc4n(C)c3c2=O)c1. The smallest absolute Gasteiger partial charge is 0.291 e. The number of thiazole rings is 1. The highest BCUT2D eigenvalue weighted by Gasteiger charge is 2.17. The van der Waals surface area contributed by atoms with Gasteiger partial charge in [-0.2, -0.15) is 5.10 Å². The van der Waals surface area contributed by atoms with E-state index in [0.29, 0.717) is 18.7 Å². The number of nitrogens with zero attached hydrogens (tertiary/aromatic N) is 4. The number of ether oxygens (including phenoxy) is 1. The Morgan fingerprint density at radius 1 is 1.32 bits per heavy atom. The number of aryl methyl sites for hydroxylation is 2. The molecule has 3 aromatic heterocycles. The van der Waals surface area contributed by atoms with Crippen LogP contribution in [-0.2, 0) is 13.6 Å². The van der Waals surface area contributed by atoms with E-state index in [-0.39, 0.29) is 5.56 Å². The highest BCUT2D eigenvalue weighted by Crippen LogP contribution is 2.30. The van der Waals surface area contributed by atoms with Gasteiger partial charge in [-0.25, -0.2) is 9.67 Å². The summed E-state index contributed by atoms with van der Waals surface area (Å²) in [5, 5.41) is 6.23. The predicted octanol–water partition coefficient (Wildman–Crippen LogP) is 3.10. The molecular formula is C18H18N4O2S. The maximum Gasteiger partial charge on any atom is 0.291 e. The van der Waals surface area contributed by atoms with Crippen LogP contribution in [0.3, 0.4) is 0 Å². The molecule has 3 heterocycles. The first kappa shape index (κ1) is 15.8. The largest absolute Gasteiger partial charge is 0.494 e. The fourth-order valence-corrected chi connectivity index (χ4v) is 4.04. The van der Waals surface area contributed by atoms with Gasteiger partial charge in [0.1, 0.15) is 11.3 Å². The number of hydrogen-bond donors (Lipinski definition) is 0. The Kier molecular flexibility index (Phi) is 3.80. The molecule has 0 spiro atoms. The number of benzene rings is 1. The van der Waals surface area contributed by atoms with Crippen molar-refractivity contribution < 1.29 is 4.74 Å². The molecule has 0 atom stereocenters. The number of hydrogen-bond acceptors (Lipinski definition) is 5. The molecule has 4 aromatic rings. The summed E-state index contributed by atoms with van der Waals surface area (Å²) in [5.41, 5.74) is 2.35. The van der Waals surface area contributed by atoms with Gasteiger partial charge >= 0.3 is 0 Å². The third-order valence-electron chi connectivity index (χ3n) is 4.17. The van der Waals surface area contributed by atoms with Gasteiger partial charge in [0, 0.05) is 12.4 Å². The lowest BCUT2D eigenvalue weighted by Crippen LogP contribution is -2.24. The Morgan fingerprint density at radius 3 is 2.96 bits per heavy atom. The highest BCUT2D eigenvalue weighted by atomic mass is 32.1. The van der Waals surface area contributed by atoms with Crippen LogP contribution in [0, 0.1) is 6.92 Å². The average Bonchev–Trinajstić information content (AvgIpc) is 3.08. The van der Waals surface area contributed by atoms with Crippen molar-refractivity contribution >= 4 is 32.6 Å². The summed E-state index contributed by atoms with van der Waals surface area (Å²) < 4.78 is 9.90. The van der Waals surface area contributed by atoms with E-state index in [4.69, 9.17) is 4.74 Å². The average molecular weight is 354 g/mol. The Morgan fingerprint density at radius 2 is 2.16 bits per heavy atom. The maximum absolute atomic E-state index is 12.9. The first-order valence-corrected chi connectivity index (χ1v) is 8.93. The van der Waals surface area contributed by atoms with Gasteiger partial charge in [-0.15, -0.1) is 11.3 Å². The first-order valence-electron chi connectivity index (χ1n) is 8.12. The summed E-state index contributed by atoms with van der Waals surface area (Å²) in [5.74, 6) is 0.799. The van der Waals surface area contributed by atoms with Crippen molar-refractivity contribution in [3.63, 3.8) is 0 Å². The summed E-state index contributed by atoms with van der Waals surface area (Å²) in [6.07, 6.45) is 1.77. The van der Waals surface area contributed by atoms with E-state index in [1.165, 1.54) is 4.68 Å². The molecule has 0 saturated carbocycles. The van der Waals surface area contributed by atoms with Gasteiger partial charge in [-0.3, -0.25) is 4.79 Å². The molecular weight excluding hydrogens is 336 g/mol. The van der Waals surface area contributed by atoms with E-state index in [1.807, 2.05) is 49.7 Å². The zero-order valence-electron chi connectivity index (χ0n) is 14.3. The first-order chi connectivity index (χ1) is 12.1. The fraction of sp³-hybridized carbons (Fsp3) is 0.278. The van der Waals surface area contributed by atoms with Gasteiger partial charge in [0.2, 0.25) is 0 Å². The molecule has 0 fully saturated rings. The van der Waals surface area contributed by atoms with E-state index in [2.05, 4.69) is 10.1 Å². The third-order valence-corrected chi connectivity index (χ3v) is 5.17. The van der Waals surface area contributed by atoms with E-state index in [0.717, 1.165) is 32.1 Å². The molecule has 6 nitrogen and oxygen atoms in total. The summed E-state index contributed by atoms with van der Waals surface area (Å²) in [6.45, 7) is 4.93. The Balaban J connectivity index is 1.81. The van der Waals surface area contributed by atoms with E-state index >= 15 is 0 Å². The van der Waals surface area contributed by atoms with Gasteiger partial charge < -0.3 is 9.30 Å². The Hall–Kier alpha value is -2.67. The highest BCUT2D eigenvalue weighted by molar-refractivity contribution is 7.19. The molecule has 0 N–H and O–H groups in total. The predicted molar refractivity (Wildman–Crippen MR) is 99.6 cm³/mol.